The number of nitrogens with one attached hydrogen (secondary N) is 1. The van der Waals surface area contributed by atoms with E-state index < -0.39 is 5.60 Å². The smallest absolute Gasteiger partial charge is 0.274 e. The van der Waals surface area contributed by atoms with Crippen molar-refractivity contribution in [3.63, 3.8) is 0 Å². The molecule has 0 unspecified atom stereocenters. The second-order valence-corrected chi connectivity index (χ2v) is 8.55. The number of aryl methyl sites for hydroxylation is 1. The molecule has 6 nitrogen and oxygen atoms in total. The maximum absolute atomic E-state index is 12.9. The van der Waals surface area contributed by atoms with Crippen LogP contribution >= 0.6 is 11.3 Å². The summed E-state index contributed by atoms with van der Waals surface area (Å²) in [5.74, 6) is -0.175. The lowest BCUT2D eigenvalue weighted by Crippen LogP contribution is -2.26. The first-order valence-electron chi connectivity index (χ1n) is 9.82. The third kappa shape index (κ3) is 5.10. The van der Waals surface area contributed by atoms with E-state index in [-0.39, 0.29) is 12.0 Å². The molecule has 0 bridgehead atoms. The summed E-state index contributed by atoms with van der Waals surface area (Å²) < 4.78 is 7.89. The van der Waals surface area contributed by atoms with E-state index in [4.69, 9.17) is 4.74 Å². The molecule has 0 radical (unpaired) electrons. The van der Waals surface area contributed by atoms with E-state index >= 15 is 0 Å². The highest BCUT2D eigenvalue weighted by Crippen LogP contribution is 2.29. The van der Waals surface area contributed by atoms with Crippen LogP contribution in [0.25, 0.3) is 0 Å². The zero-order chi connectivity index (χ0) is 21.0. The minimum Gasteiger partial charge on any atom is -0.367 e. The van der Waals surface area contributed by atoms with Crippen LogP contribution in [0.4, 0.5) is 5.13 Å². The Morgan fingerprint density at radius 1 is 1.31 bits per heavy atom. The highest BCUT2D eigenvalue weighted by Gasteiger charge is 2.26. The third-order valence-electron chi connectivity index (χ3n) is 4.66. The molecule has 154 valence electrons. The average molecular weight is 413 g/mol. The Bertz CT molecular complexity index is 975. The van der Waals surface area contributed by atoms with Crippen LogP contribution in [0.2, 0.25) is 0 Å². The van der Waals surface area contributed by atoms with Crippen molar-refractivity contribution in [2.45, 2.75) is 59.3 Å². The number of pyridine rings is 1. The first-order chi connectivity index (χ1) is 13.8. The fourth-order valence-corrected chi connectivity index (χ4v) is 4.15. The standard InChI is InChI=1S/C22H28N4O2S/c1-6-16-12-23-10-9-17(16)13-26-11-7-8-18(26)20(27)25-21-24-19(14-29-21)22(4,5)28-15(2)3/h7-12,14-15H,6,13H2,1-5H3,(H,24,25,27). The van der Waals surface area contributed by atoms with Crippen molar-refractivity contribution in [1.29, 1.82) is 0 Å². The summed E-state index contributed by atoms with van der Waals surface area (Å²) in [7, 11) is 0. The van der Waals surface area contributed by atoms with Crippen molar-refractivity contribution in [2.75, 3.05) is 5.32 Å². The van der Waals surface area contributed by atoms with Crippen LogP contribution in [0, 0.1) is 0 Å². The van der Waals surface area contributed by atoms with Gasteiger partial charge in [0, 0.05) is 30.5 Å². The lowest BCUT2D eigenvalue weighted by Gasteiger charge is -2.25. The molecule has 3 aromatic heterocycles. The fourth-order valence-electron chi connectivity index (χ4n) is 3.29. The lowest BCUT2D eigenvalue weighted by atomic mass is 10.1. The predicted molar refractivity (Wildman–Crippen MR) is 116 cm³/mol. The largest absolute Gasteiger partial charge is 0.367 e. The van der Waals surface area contributed by atoms with E-state index in [9.17, 15) is 4.79 Å². The Morgan fingerprint density at radius 2 is 2.10 bits per heavy atom. The molecule has 0 saturated heterocycles. The zero-order valence-electron chi connectivity index (χ0n) is 17.6. The first-order valence-corrected chi connectivity index (χ1v) is 10.7. The molecule has 3 aromatic rings. The van der Waals surface area contributed by atoms with Crippen LogP contribution in [-0.4, -0.2) is 26.5 Å². The molecule has 0 fully saturated rings. The Kier molecular flexibility index (Phi) is 6.49. The van der Waals surface area contributed by atoms with Crippen molar-refractivity contribution >= 4 is 22.4 Å². The highest BCUT2D eigenvalue weighted by atomic mass is 32.1. The van der Waals surface area contributed by atoms with Crippen LogP contribution in [-0.2, 0) is 23.3 Å². The van der Waals surface area contributed by atoms with E-state index in [2.05, 4.69) is 22.2 Å². The highest BCUT2D eigenvalue weighted by molar-refractivity contribution is 7.14. The fraction of sp³-hybridized carbons (Fsp3) is 0.409. The van der Waals surface area contributed by atoms with Gasteiger partial charge in [-0.2, -0.15) is 0 Å². The number of amides is 1. The number of rotatable bonds is 8. The minimum absolute atomic E-state index is 0.0919. The van der Waals surface area contributed by atoms with Crippen LogP contribution in [0.5, 0.6) is 0 Å². The second kappa shape index (κ2) is 8.88. The molecule has 0 aliphatic carbocycles. The number of hydrogen-bond acceptors (Lipinski definition) is 5. The van der Waals surface area contributed by atoms with E-state index in [0.717, 1.165) is 17.7 Å². The topological polar surface area (TPSA) is 69.0 Å². The van der Waals surface area contributed by atoms with Gasteiger partial charge in [0.15, 0.2) is 5.13 Å². The Hall–Kier alpha value is -2.51. The number of hydrogen-bond donors (Lipinski definition) is 1. The van der Waals surface area contributed by atoms with E-state index in [1.807, 2.05) is 68.2 Å². The number of carbonyl (C=O) groups is 1. The number of aromatic nitrogens is 3. The summed E-state index contributed by atoms with van der Waals surface area (Å²) in [6.07, 6.45) is 6.59. The molecule has 0 spiro atoms. The molecule has 1 amide bonds. The maximum atomic E-state index is 12.9. The summed E-state index contributed by atoms with van der Waals surface area (Å²) in [6, 6.07) is 5.71. The van der Waals surface area contributed by atoms with Crippen LogP contribution in [0.1, 0.15) is 61.9 Å². The van der Waals surface area contributed by atoms with Gasteiger partial charge in [-0.1, -0.05) is 6.92 Å². The number of carbonyl (C=O) groups excluding carboxylic acids is 1. The monoisotopic (exact) mass is 412 g/mol. The molecule has 0 atom stereocenters. The van der Waals surface area contributed by atoms with Gasteiger partial charge in [-0.05, 0) is 63.4 Å². The quantitative estimate of drug-likeness (QED) is 0.573. The van der Waals surface area contributed by atoms with Gasteiger partial charge in [0.1, 0.15) is 11.3 Å². The normalized spacial score (nSPS) is 11.8. The number of ether oxygens (including phenoxy) is 1. The second-order valence-electron chi connectivity index (χ2n) is 7.69. The number of anilines is 1. The summed E-state index contributed by atoms with van der Waals surface area (Å²) >= 11 is 1.40. The van der Waals surface area contributed by atoms with E-state index in [1.54, 1.807) is 6.20 Å². The lowest BCUT2D eigenvalue weighted by molar-refractivity contribution is -0.0623. The molecule has 3 rings (SSSR count). The Labute approximate surface area is 176 Å². The van der Waals surface area contributed by atoms with Crippen molar-refractivity contribution in [1.82, 2.24) is 14.5 Å². The van der Waals surface area contributed by atoms with Gasteiger partial charge in [-0.3, -0.25) is 15.1 Å². The zero-order valence-corrected chi connectivity index (χ0v) is 18.4. The van der Waals surface area contributed by atoms with E-state index in [1.165, 1.54) is 16.9 Å². The van der Waals surface area contributed by atoms with Gasteiger partial charge in [0.25, 0.3) is 5.91 Å². The van der Waals surface area contributed by atoms with Gasteiger partial charge in [-0.15, -0.1) is 11.3 Å². The molecule has 7 heteroatoms. The van der Waals surface area contributed by atoms with Gasteiger partial charge in [0.05, 0.1) is 11.8 Å². The molecule has 0 aliphatic rings. The molecule has 0 aliphatic heterocycles. The summed E-state index contributed by atoms with van der Waals surface area (Å²) in [6.45, 7) is 10.7. The molecule has 29 heavy (non-hydrogen) atoms. The summed E-state index contributed by atoms with van der Waals surface area (Å²) in [5, 5.41) is 5.42. The Morgan fingerprint density at radius 3 is 2.83 bits per heavy atom. The summed E-state index contributed by atoms with van der Waals surface area (Å²) in [5.41, 5.74) is 3.25. The Balaban J connectivity index is 1.74. The van der Waals surface area contributed by atoms with Crippen LogP contribution in [0.3, 0.4) is 0 Å². The molecule has 0 saturated carbocycles. The molecular formula is C22H28N4O2S. The average Bonchev–Trinajstić information content (AvgIpc) is 3.31. The van der Waals surface area contributed by atoms with Crippen molar-refractivity contribution in [3.8, 4) is 0 Å². The van der Waals surface area contributed by atoms with Crippen LogP contribution in [0.15, 0.2) is 42.2 Å². The molecule has 1 N–H and O–H groups in total. The van der Waals surface area contributed by atoms with Crippen molar-refractivity contribution in [3.05, 3.63) is 64.7 Å². The molecule has 3 heterocycles. The number of nitrogens with zero attached hydrogens (tertiary/aromatic N) is 3. The number of thiazole rings is 1. The van der Waals surface area contributed by atoms with Gasteiger partial charge < -0.3 is 9.30 Å². The van der Waals surface area contributed by atoms with Gasteiger partial charge in [0.2, 0.25) is 0 Å². The van der Waals surface area contributed by atoms with Crippen LogP contribution < -0.4 is 5.32 Å². The minimum atomic E-state index is -0.508. The van der Waals surface area contributed by atoms with Crippen molar-refractivity contribution < 1.29 is 9.53 Å². The molecule has 0 aromatic carbocycles. The van der Waals surface area contributed by atoms with Gasteiger partial charge >= 0.3 is 0 Å². The van der Waals surface area contributed by atoms with Gasteiger partial charge in [-0.25, -0.2) is 4.98 Å². The SMILES string of the molecule is CCc1cnccc1Cn1cccc1C(=O)Nc1nc(C(C)(C)OC(C)C)cs1. The van der Waals surface area contributed by atoms with Crippen molar-refractivity contribution in [2.24, 2.45) is 0 Å². The third-order valence-corrected chi connectivity index (χ3v) is 5.42. The predicted octanol–water partition coefficient (Wildman–Crippen LogP) is 4.86. The van der Waals surface area contributed by atoms with E-state index in [0.29, 0.717) is 17.4 Å². The summed E-state index contributed by atoms with van der Waals surface area (Å²) in [4.78, 5) is 21.6. The first kappa shape index (κ1) is 21.2. The maximum Gasteiger partial charge on any atom is 0.274 e. The molecular weight excluding hydrogens is 384 g/mol.